The van der Waals surface area contributed by atoms with Gasteiger partial charge in [-0.15, -0.1) is 0 Å². The molecular formula is C54H35NO2. The first kappa shape index (κ1) is 32.8. The topological polar surface area (TPSA) is 29.5 Å². The quantitative estimate of drug-likeness (QED) is 0.164. The smallest absolute Gasteiger partial charge is 0.143 e. The van der Waals surface area contributed by atoms with E-state index in [1.165, 1.54) is 11.1 Å². The molecule has 0 atom stereocenters. The highest BCUT2D eigenvalue weighted by molar-refractivity contribution is 6.12. The van der Waals surface area contributed by atoms with Crippen molar-refractivity contribution >= 4 is 60.9 Å². The second-order valence-electron chi connectivity index (χ2n) is 14.5. The van der Waals surface area contributed by atoms with Gasteiger partial charge in [-0.1, -0.05) is 164 Å². The molecule has 3 heteroatoms. The average Bonchev–Trinajstić information content (AvgIpc) is 3.87. The van der Waals surface area contributed by atoms with E-state index >= 15 is 0 Å². The predicted molar refractivity (Wildman–Crippen MR) is 237 cm³/mol. The van der Waals surface area contributed by atoms with Crippen LogP contribution in [0.1, 0.15) is 0 Å². The molecule has 11 aromatic rings. The summed E-state index contributed by atoms with van der Waals surface area (Å²) in [6.07, 6.45) is 0. The predicted octanol–water partition coefficient (Wildman–Crippen LogP) is 15.6. The molecule has 11 rings (SSSR count). The van der Waals surface area contributed by atoms with Crippen LogP contribution in [-0.4, -0.2) is 0 Å². The molecule has 0 radical (unpaired) electrons. The number of hydrogen-bond donors (Lipinski definition) is 0. The van der Waals surface area contributed by atoms with Gasteiger partial charge in [-0.05, 0) is 76.3 Å². The van der Waals surface area contributed by atoms with E-state index in [2.05, 4.69) is 199 Å². The molecule has 0 bridgehead atoms. The summed E-state index contributed by atoms with van der Waals surface area (Å²) >= 11 is 0. The van der Waals surface area contributed by atoms with Gasteiger partial charge in [0.1, 0.15) is 22.3 Å². The molecule has 0 N–H and O–H groups in total. The first-order chi connectivity index (χ1) is 28.3. The lowest BCUT2D eigenvalue weighted by Crippen LogP contribution is -2.11. The maximum Gasteiger partial charge on any atom is 0.143 e. The van der Waals surface area contributed by atoms with Crippen molar-refractivity contribution in [1.82, 2.24) is 0 Å². The fraction of sp³-hybridized carbons (Fsp3) is 0. The number of rotatable bonds is 7. The Hall–Kier alpha value is -7.62. The molecule has 9 aromatic carbocycles. The number of nitrogens with zero attached hydrogens (tertiary/aromatic N) is 1. The number of anilines is 3. The molecule has 0 spiro atoms. The van der Waals surface area contributed by atoms with Crippen LogP contribution in [0.4, 0.5) is 17.1 Å². The molecule has 2 heterocycles. The Kier molecular flexibility index (Phi) is 7.82. The maximum atomic E-state index is 6.69. The lowest BCUT2D eigenvalue weighted by atomic mass is 9.94. The zero-order valence-corrected chi connectivity index (χ0v) is 31.0. The molecule has 0 amide bonds. The van der Waals surface area contributed by atoms with Gasteiger partial charge in [0, 0.05) is 49.6 Å². The van der Waals surface area contributed by atoms with Gasteiger partial charge in [0.05, 0.1) is 5.69 Å². The fourth-order valence-electron chi connectivity index (χ4n) is 8.34. The normalized spacial score (nSPS) is 11.5. The van der Waals surface area contributed by atoms with Crippen LogP contribution < -0.4 is 4.90 Å². The Balaban J connectivity index is 1.12. The monoisotopic (exact) mass is 729 g/mol. The fourth-order valence-corrected chi connectivity index (χ4v) is 8.34. The van der Waals surface area contributed by atoms with E-state index in [9.17, 15) is 0 Å². The van der Waals surface area contributed by atoms with Crippen molar-refractivity contribution in [2.45, 2.75) is 0 Å². The molecule has 2 aromatic heterocycles. The van der Waals surface area contributed by atoms with Crippen molar-refractivity contribution in [3.63, 3.8) is 0 Å². The standard InChI is InChI=1S/C54H35NO2/c1-3-13-36(14-4-1)38-25-30-41(31-26-38)55(42-32-27-39(28-33-42)43-19-11-20-46-44-17-7-9-23-51(44)56-53(43)46)50-34-29-40(37-15-5-2-6-16-37)35-49(50)48-22-12-21-47-45-18-8-10-24-52(45)57-54(47)48/h1-35H. The Morgan fingerprint density at radius 3 is 1.32 bits per heavy atom. The van der Waals surface area contributed by atoms with E-state index in [4.69, 9.17) is 8.83 Å². The summed E-state index contributed by atoms with van der Waals surface area (Å²) in [5.41, 5.74) is 15.6. The van der Waals surface area contributed by atoms with E-state index in [1.54, 1.807) is 0 Å². The van der Waals surface area contributed by atoms with Crippen LogP contribution in [0, 0.1) is 0 Å². The molecule has 0 unspecified atom stereocenters. The van der Waals surface area contributed by atoms with E-state index in [0.29, 0.717) is 0 Å². The summed E-state index contributed by atoms with van der Waals surface area (Å²) < 4.78 is 13.1. The van der Waals surface area contributed by atoms with Crippen LogP contribution in [0.5, 0.6) is 0 Å². The van der Waals surface area contributed by atoms with E-state index in [1.807, 2.05) is 18.2 Å². The Morgan fingerprint density at radius 2 is 0.719 bits per heavy atom. The van der Waals surface area contributed by atoms with E-state index in [0.717, 1.165) is 94.3 Å². The van der Waals surface area contributed by atoms with Crippen molar-refractivity contribution in [3.05, 3.63) is 212 Å². The highest BCUT2D eigenvalue weighted by Gasteiger charge is 2.22. The van der Waals surface area contributed by atoms with Crippen LogP contribution >= 0.6 is 0 Å². The summed E-state index contributed by atoms with van der Waals surface area (Å²) in [6, 6.07) is 75.1. The van der Waals surface area contributed by atoms with Gasteiger partial charge >= 0.3 is 0 Å². The van der Waals surface area contributed by atoms with Crippen LogP contribution in [0.3, 0.4) is 0 Å². The van der Waals surface area contributed by atoms with Crippen molar-refractivity contribution < 1.29 is 8.83 Å². The molecule has 268 valence electrons. The number of fused-ring (bicyclic) bond motifs is 6. The number of hydrogen-bond acceptors (Lipinski definition) is 3. The lowest BCUT2D eigenvalue weighted by molar-refractivity contribution is 0.669. The van der Waals surface area contributed by atoms with Gasteiger partial charge in [-0.25, -0.2) is 0 Å². The SMILES string of the molecule is c1ccc(-c2ccc(N(c3ccc(-c4cccc5c4oc4ccccc45)cc3)c3ccc(-c4ccccc4)cc3-c3cccc4c3oc3ccccc34)cc2)cc1. The van der Waals surface area contributed by atoms with Crippen LogP contribution in [0.25, 0.3) is 88.4 Å². The van der Waals surface area contributed by atoms with Gasteiger partial charge in [-0.3, -0.25) is 0 Å². The summed E-state index contributed by atoms with van der Waals surface area (Å²) in [5, 5.41) is 4.46. The molecule has 3 nitrogen and oxygen atoms in total. The second-order valence-corrected chi connectivity index (χ2v) is 14.5. The highest BCUT2D eigenvalue weighted by atomic mass is 16.3. The molecular weight excluding hydrogens is 695 g/mol. The Morgan fingerprint density at radius 1 is 0.281 bits per heavy atom. The zero-order chi connectivity index (χ0) is 37.7. The highest BCUT2D eigenvalue weighted by Crippen LogP contribution is 2.46. The average molecular weight is 730 g/mol. The van der Waals surface area contributed by atoms with Gasteiger partial charge in [0.15, 0.2) is 0 Å². The molecule has 57 heavy (non-hydrogen) atoms. The Labute approximate surface area is 330 Å². The van der Waals surface area contributed by atoms with Gasteiger partial charge in [0.2, 0.25) is 0 Å². The first-order valence-corrected chi connectivity index (χ1v) is 19.3. The molecule has 0 fully saturated rings. The Bertz CT molecular complexity index is 3210. The summed E-state index contributed by atoms with van der Waals surface area (Å²) in [5.74, 6) is 0. The molecule has 0 saturated heterocycles. The third-order valence-corrected chi connectivity index (χ3v) is 11.1. The first-order valence-electron chi connectivity index (χ1n) is 19.3. The summed E-state index contributed by atoms with van der Waals surface area (Å²) in [4.78, 5) is 2.37. The summed E-state index contributed by atoms with van der Waals surface area (Å²) in [7, 11) is 0. The molecule has 0 saturated carbocycles. The van der Waals surface area contributed by atoms with Crippen molar-refractivity contribution in [2.24, 2.45) is 0 Å². The van der Waals surface area contributed by atoms with Crippen LogP contribution in [0.15, 0.2) is 221 Å². The lowest BCUT2D eigenvalue weighted by Gasteiger charge is -2.29. The number of furan rings is 2. The third-order valence-electron chi connectivity index (χ3n) is 11.1. The van der Waals surface area contributed by atoms with Gasteiger partial charge in [0.25, 0.3) is 0 Å². The second kappa shape index (κ2) is 13.6. The maximum absolute atomic E-state index is 6.69. The van der Waals surface area contributed by atoms with Crippen LogP contribution in [-0.2, 0) is 0 Å². The molecule has 0 aliphatic rings. The minimum Gasteiger partial charge on any atom is -0.455 e. The molecule has 0 aliphatic heterocycles. The number of para-hydroxylation sites is 4. The van der Waals surface area contributed by atoms with Gasteiger partial charge < -0.3 is 13.7 Å². The van der Waals surface area contributed by atoms with Gasteiger partial charge in [-0.2, -0.15) is 0 Å². The van der Waals surface area contributed by atoms with Crippen LogP contribution in [0.2, 0.25) is 0 Å². The van der Waals surface area contributed by atoms with Crippen molar-refractivity contribution in [2.75, 3.05) is 4.90 Å². The van der Waals surface area contributed by atoms with E-state index < -0.39 is 0 Å². The minimum atomic E-state index is 0.874. The largest absolute Gasteiger partial charge is 0.455 e. The molecule has 0 aliphatic carbocycles. The van der Waals surface area contributed by atoms with Crippen molar-refractivity contribution in [1.29, 1.82) is 0 Å². The third kappa shape index (κ3) is 5.68. The number of benzene rings is 9. The van der Waals surface area contributed by atoms with Crippen molar-refractivity contribution in [3.8, 4) is 44.5 Å². The zero-order valence-electron chi connectivity index (χ0n) is 31.0. The summed E-state index contributed by atoms with van der Waals surface area (Å²) in [6.45, 7) is 0. The minimum absolute atomic E-state index is 0.874. The van der Waals surface area contributed by atoms with E-state index in [-0.39, 0.29) is 0 Å².